The average molecular weight is 327 g/mol. The highest BCUT2D eigenvalue weighted by Crippen LogP contribution is 2.19. The van der Waals surface area contributed by atoms with Crippen LogP contribution in [0.3, 0.4) is 0 Å². The van der Waals surface area contributed by atoms with Gasteiger partial charge in [0.05, 0.1) is 0 Å². The Hall–Kier alpha value is -1.24. The van der Waals surface area contributed by atoms with Crippen molar-refractivity contribution in [3.8, 4) is 0 Å². The van der Waals surface area contributed by atoms with Gasteiger partial charge in [0, 0.05) is 37.2 Å². The van der Waals surface area contributed by atoms with Gasteiger partial charge in [0.1, 0.15) is 0 Å². The Morgan fingerprint density at radius 1 is 1.36 bits per heavy atom. The van der Waals surface area contributed by atoms with Crippen LogP contribution in [0.5, 0.6) is 0 Å². The van der Waals surface area contributed by atoms with Crippen LogP contribution in [0.4, 0.5) is 0 Å². The zero-order valence-electron chi connectivity index (χ0n) is 14.6. The second-order valence-corrected chi connectivity index (χ2v) is 7.63. The van der Waals surface area contributed by atoms with Crippen molar-refractivity contribution in [1.82, 2.24) is 20.8 Å². The maximum absolute atomic E-state index is 5.23. The van der Waals surface area contributed by atoms with E-state index in [-0.39, 0.29) is 4.75 Å². The normalized spacial score (nSPS) is 12.8. The lowest BCUT2D eigenvalue weighted by Gasteiger charge is -2.23. The largest absolute Gasteiger partial charge is 0.356 e. The van der Waals surface area contributed by atoms with E-state index in [9.17, 15) is 0 Å². The first-order valence-corrected chi connectivity index (χ1v) is 8.92. The molecule has 0 bridgehead atoms. The molecule has 0 radical (unpaired) electrons. The van der Waals surface area contributed by atoms with Crippen LogP contribution in [-0.4, -0.2) is 47.2 Å². The minimum absolute atomic E-state index is 0.189. The highest BCUT2D eigenvalue weighted by Gasteiger charge is 2.16. The van der Waals surface area contributed by atoms with Crippen molar-refractivity contribution in [2.75, 3.05) is 26.4 Å². The van der Waals surface area contributed by atoms with Crippen LogP contribution in [0.1, 0.15) is 51.7 Å². The van der Waals surface area contributed by atoms with Crippen LogP contribution in [-0.2, 0) is 6.42 Å². The molecule has 0 aromatic carbocycles. The highest BCUT2D eigenvalue weighted by atomic mass is 32.2. The molecule has 2 N–H and O–H groups in total. The summed E-state index contributed by atoms with van der Waals surface area (Å²) in [7, 11) is 1.79. The van der Waals surface area contributed by atoms with E-state index < -0.39 is 0 Å². The van der Waals surface area contributed by atoms with Crippen LogP contribution in [0.2, 0.25) is 0 Å². The molecule has 1 aromatic heterocycles. The molecule has 0 aliphatic heterocycles. The number of thioether (sulfide) groups is 1. The van der Waals surface area contributed by atoms with Crippen molar-refractivity contribution in [2.45, 2.75) is 51.2 Å². The van der Waals surface area contributed by atoms with Crippen molar-refractivity contribution >= 4 is 17.7 Å². The van der Waals surface area contributed by atoms with Gasteiger partial charge in [-0.1, -0.05) is 19.0 Å². The molecule has 0 spiro atoms. The Balaban J connectivity index is 2.27. The predicted molar refractivity (Wildman–Crippen MR) is 93.7 cm³/mol. The van der Waals surface area contributed by atoms with Gasteiger partial charge in [-0.05, 0) is 26.5 Å². The van der Waals surface area contributed by atoms with Crippen molar-refractivity contribution in [3.05, 3.63) is 11.7 Å². The SMILES string of the molecule is CN=C(NCCCc1nc(C(C)C)no1)NCC(C)(C)SC. The summed E-state index contributed by atoms with van der Waals surface area (Å²) < 4.78 is 5.42. The average Bonchev–Trinajstić information content (AvgIpc) is 2.95. The molecule has 0 saturated heterocycles. The van der Waals surface area contributed by atoms with E-state index in [1.165, 1.54) is 0 Å². The van der Waals surface area contributed by atoms with E-state index in [0.29, 0.717) is 11.8 Å². The minimum Gasteiger partial charge on any atom is -0.356 e. The summed E-state index contributed by atoms with van der Waals surface area (Å²) in [6.07, 6.45) is 3.82. The number of guanidine groups is 1. The van der Waals surface area contributed by atoms with Gasteiger partial charge < -0.3 is 15.2 Å². The number of hydrogen-bond acceptors (Lipinski definition) is 5. The molecule has 22 heavy (non-hydrogen) atoms. The first-order chi connectivity index (χ1) is 10.4. The first kappa shape index (κ1) is 18.8. The van der Waals surface area contributed by atoms with Crippen LogP contribution in [0, 0.1) is 0 Å². The number of hydrogen-bond donors (Lipinski definition) is 2. The Kier molecular flexibility index (Phi) is 7.72. The summed E-state index contributed by atoms with van der Waals surface area (Å²) in [5, 5.41) is 10.6. The standard InChI is InChI=1S/C15H29N5OS/c1-11(2)13-19-12(21-20-13)8-7-9-17-14(16-5)18-10-15(3,4)22-6/h11H,7-10H2,1-6H3,(H2,16,17,18). The fourth-order valence-electron chi connectivity index (χ4n) is 1.64. The van der Waals surface area contributed by atoms with E-state index in [4.69, 9.17) is 4.52 Å². The summed E-state index contributed by atoms with van der Waals surface area (Å²) in [5.74, 6) is 2.62. The summed E-state index contributed by atoms with van der Waals surface area (Å²) in [6, 6.07) is 0. The fraction of sp³-hybridized carbons (Fsp3) is 0.800. The highest BCUT2D eigenvalue weighted by molar-refractivity contribution is 7.99. The Morgan fingerprint density at radius 2 is 2.09 bits per heavy atom. The van der Waals surface area contributed by atoms with Crippen molar-refractivity contribution in [1.29, 1.82) is 0 Å². The van der Waals surface area contributed by atoms with Crippen LogP contribution in [0.25, 0.3) is 0 Å². The van der Waals surface area contributed by atoms with Gasteiger partial charge in [0.25, 0.3) is 0 Å². The molecule has 7 heteroatoms. The van der Waals surface area contributed by atoms with Gasteiger partial charge in [-0.2, -0.15) is 16.7 Å². The molecule has 6 nitrogen and oxygen atoms in total. The van der Waals surface area contributed by atoms with E-state index in [1.807, 2.05) is 11.8 Å². The van der Waals surface area contributed by atoms with Crippen LogP contribution in [0.15, 0.2) is 9.52 Å². The molecule has 0 aliphatic carbocycles. The van der Waals surface area contributed by atoms with Gasteiger partial charge in [-0.15, -0.1) is 0 Å². The molecule has 1 rings (SSSR count). The lowest BCUT2D eigenvalue weighted by molar-refractivity contribution is 0.368. The first-order valence-electron chi connectivity index (χ1n) is 7.70. The monoisotopic (exact) mass is 327 g/mol. The minimum atomic E-state index is 0.189. The number of nitrogens with one attached hydrogen (secondary N) is 2. The maximum Gasteiger partial charge on any atom is 0.226 e. The Bertz CT molecular complexity index is 470. The van der Waals surface area contributed by atoms with E-state index in [2.05, 4.69) is 59.7 Å². The lowest BCUT2D eigenvalue weighted by atomic mass is 10.2. The third-order valence-electron chi connectivity index (χ3n) is 3.32. The second kappa shape index (κ2) is 9.02. The quantitative estimate of drug-likeness (QED) is 0.434. The molecule has 0 fully saturated rings. The third-order valence-corrected chi connectivity index (χ3v) is 4.57. The Labute approximate surface area is 137 Å². The van der Waals surface area contributed by atoms with Gasteiger partial charge in [-0.3, -0.25) is 4.99 Å². The van der Waals surface area contributed by atoms with Crippen LogP contribution >= 0.6 is 11.8 Å². The topological polar surface area (TPSA) is 75.3 Å². The van der Waals surface area contributed by atoms with Gasteiger partial charge >= 0.3 is 0 Å². The second-order valence-electron chi connectivity index (χ2n) is 6.12. The van der Waals surface area contributed by atoms with Crippen LogP contribution < -0.4 is 10.6 Å². The van der Waals surface area contributed by atoms with Gasteiger partial charge in [0.15, 0.2) is 11.8 Å². The zero-order valence-corrected chi connectivity index (χ0v) is 15.4. The maximum atomic E-state index is 5.23. The molecular weight excluding hydrogens is 298 g/mol. The number of nitrogens with zero attached hydrogens (tertiary/aromatic N) is 3. The number of aromatic nitrogens is 2. The van der Waals surface area contributed by atoms with E-state index in [1.54, 1.807) is 7.05 Å². The van der Waals surface area contributed by atoms with E-state index >= 15 is 0 Å². The molecular formula is C15H29N5OS. The molecule has 126 valence electrons. The summed E-state index contributed by atoms with van der Waals surface area (Å²) in [6.45, 7) is 10.2. The van der Waals surface area contributed by atoms with Crippen molar-refractivity contribution in [3.63, 3.8) is 0 Å². The molecule has 0 atom stereocenters. The van der Waals surface area contributed by atoms with Gasteiger partial charge in [-0.25, -0.2) is 0 Å². The number of rotatable bonds is 8. The number of aliphatic imine (C=N–C) groups is 1. The predicted octanol–water partition coefficient (Wildman–Crippen LogP) is 2.43. The van der Waals surface area contributed by atoms with Gasteiger partial charge in [0.2, 0.25) is 5.89 Å². The zero-order chi connectivity index (χ0) is 16.6. The molecule has 0 aliphatic rings. The lowest BCUT2D eigenvalue weighted by Crippen LogP contribution is -2.43. The molecule has 1 aromatic rings. The fourth-order valence-corrected chi connectivity index (χ4v) is 1.86. The molecule has 0 saturated carbocycles. The van der Waals surface area contributed by atoms with Crippen molar-refractivity contribution < 1.29 is 4.52 Å². The summed E-state index contributed by atoms with van der Waals surface area (Å²) >= 11 is 1.84. The third kappa shape index (κ3) is 6.68. The summed E-state index contributed by atoms with van der Waals surface area (Å²) in [5.41, 5.74) is 0. The van der Waals surface area contributed by atoms with E-state index in [0.717, 1.165) is 37.7 Å². The Morgan fingerprint density at radius 3 is 2.64 bits per heavy atom. The molecule has 0 unspecified atom stereocenters. The molecule has 0 amide bonds. The summed E-state index contributed by atoms with van der Waals surface area (Å²) in [4.78, 5) is 8.60. The smallest absolute Gasteiger partial charge is 0.226 e. The molecule has 1 heterocycles. The van der Waals surface area contributed by atoms with Crippen molar-refractivity contribution in [2.24, 2.45) is 4.99 Å². The number of aryl methyl sites for hydroxylation is 1.